The molecule has 2 aromatic heterocycles. The zero-order chi connectivity index (χ0) is 18.5. The molecule has 1 aromatic carbocycles. The van der Waals surface area contributed by atoms with Gasteiger partial charge in [0, 0.05) is 30.8 Å². The normalized spacial score (nSPS) is 16.3. The molecule has 4 rings (SSSR count). The summed E-state index contributed by atoms with van der Waals surface area (Å²) in [4.78, 5) is 15.1. The van der Waals surface area contributed by atoms with Crippen LogP contribution >= 0.6 is 0 Å². The van der Waals surface area contributed by atoms with Crippen LogP contribution in [0.5, 0.6) is 11.6 Å². The Kier molecular flexibility index (Phi) is 5.11. The third kappa shape index (κ3) is 3.98. The summed E-state index contributed by atoms with van der Waals surface area (Å²) in [6.07, 6.45) is 6.97. The fraction of sp³-hybridized carbons (Fsp3) is 0.250. The number of aromatic nitrogens is 3. The molecule has 3 aromatic rings. The maximum Gasteiger partial charge on any atom is 0.263 e. The summed E-state index contributed by atoms with van der Waals surface area (Å²) in [5.74, 6) is 2.57. The Labute approximate surface area is 157 Å². The molecule has 7 nitrogen and oxygen atoms in total. The first-order valence-electron chi connectivity index (χ1n) is 8.98. The number of ether oxygens (including phenoxy) is 1. The van der Waals surface area contributed by atoms with Crippen molar-refractivity contribution in [2.45, 2.75) is 18.9 Å². The second kappa shape index (κ2) is 8.01. The molecule has 1 atom stereocenters. The van der Waals surface area contributed by atoms with Crippen LogP contribution in [-0.4, -0.2) is 39.3 Å². The number of anilines is 3. The highest BCUT2D eigenvalue weighted by Crippen LogP contribution is 2.33. The summed E-state index contributed by atoms with van der Waals surface area (Å²) in [6.45, 7) is 0.942. The lowest BCUT2D eigenvalue weighted by atomic mass is 10.2. The van der Waals surface area contributed by atoms with Gasteiger partial charge in [0.15, 0.2) is 5.82 Å². The largest absolute Gasteiger partial charge is 0.436 e. The van der Waals surface area contributed by atoms with Gasteiger partial charge >= 0.3 is 0 Å². The van der Waals surface area contributed by atoms with Crippen LogP contribution in [-0.2, 0) is 0 Å². The molecular weight excluding hydrogens is 342 g/mol. The molecule has 0 aliphatic carbocycles. The topological polar surface area (TPSA) is 83.4 Å². The smallest absolute Gasteiger partial charge is 0.263 e. The molecule has 0 radical (unpaired) electrons. The quantitative estimate of drug-likeness (QED) is 0.695. The minimum absolute atomic E-state index is 0.0639. The zero-order valence-corrected chi connectivity index (χ0v) is 14.8. The number of rotatable bonds is 6. The lowest BCUT2D eigenvalue weighted by Crippen LogP contribution is -2.33. The fourth-order valence-electron chi connectivity index (χ4n) is 3.19. The summed E-state index contributed by atoms with van der Waals surface area (Å²) in [7, 11) is 0. The third-order valence-electron chi connectivity index (χ3n) is 4.51. The van der Waals surface area contributed by atoms with Crippen LogP contribution in [0.25, 0.3) is 0 Å². The molecule has 0 spiro atoms. The van der Waals surface area contributed by atoms with E-state index in [2.05, 4.69) is 25.2 Å². The maximum absolute atomic E-state index is 9.59. The Balaban J connectivity index is 1.50. The van der Waals surface area contributed by atoms with Crippen molar-refractivity contribution in [3.8, 4) is 11.6 Å². The summed E-state index contributed by atoms with van der Waals surface area (Å²) in [5, 5.41) is 12.8. The first-order chi connectivity index (χ1) is 13.3. The van der Waals surface area contributed by atoms with Crippen molar-refractivity contribution in [3.05, 3.63) is 61.1 Å². The number of aliphatic hydroxyl groups excluding tert-OH is 1. The van der Waals surface area contributed by atoms with E-state index in [1.54, 1.807) is 18.6 Å². The van der Waals surface area contributed by atoms with Crippen molar-refractivity contribution in [1.82, 2.24) is 15.0 Å². The Hall–Kier alpha value is -3.19. The molecule has 1 aliphatic rings. The van der Waals surface area contributed by atoms with Crippen LogP contribution in [0.1, 0.15) is 12.8 Å². The van der Waals surface area contributed by atoms with Crippen LogP contribution in [0.3, 0.4) is 0 Å². The number of pyridine rings is 1. The average Bonchev–Trinajstić information content (AvgIpc) is 3.19. The number of hydrogen-bond donors (Lipinski definition) is 2. The van der Waals surface area contributed by atoms with Crippen molar-refractivity contribution in [2.24, 2.45) is 0 Å². The SMILES string of the molecule is OCC1CCCN1c1nccnc1Oc1ccc(Nc2ccccn2)cc1. The number of nitrogens with zero attached hydrogens (tertiary/aromatic N) is 4. The minimum atomic E-state index is 0.0639. The molecule has 2 N–H and O–H groups in total. The second-order valence-corrected chi connectivity index (χ2v) is 6.32. The highest BCUT2D eigenvalue weighted by molar-refractivity contribution is 5.57. The van der Waals surface area contributed by atoms with Gasteiger partial charge < -0.3 is 20.1 Å². The van der Waals surface area contributed by atoms with Gasteiger partial charge in [0.25, 0.3) is 5.88 Å². The standard InChI is InChI=1S/C20H21N5O2/c26-14-16-4-3-13-25(16)19-20(23-12-11-22-19)27-17-8-6-15(7-9-17)24-18-5-1-2-10-21-18/h1-2,5-12,16,26H,3-4,13-14H2,(H,21,24). The monoisotopic (exact) mass is 363 g/mol. The van der Waals surface area contributed by atoms with Crippen LogP contribution in [0.2, 0.25) is 0 Å². The number of nitrogens with one attached hydrogen (secondary N) is 1. The minimum Gasteiger partial charge on any atom is -0.436 e. The predicted octanol–water partition coefficient (Wildman–Crippen LogP) is 3.37. The molecule has 1 fully saturated rings. The van der Waals surface area contributed by atoms with Gasteiger partial charge in [-0.25, -0.2) is 15.0 Å². The average molecular weight is 363 g/mol. The lowest BCUT2D eigenvalue weighted by molar-refractivity contribution is 0.265. The third-order valence-corrected chi connectivity index (χ3v) is 4.51. The van der Waals surface area contributed by atoms with Crippen LogP contribution < -0.4 is 15.0 Å². The first kappa shape index (κ1) is 17.2. The van der Waals surface area contributed by atoms with E-state index in [0.29, 0.717) is 17.4 Å². The molecule has 1 unspecified atom stereocenters. The van der Waals surface area contributed by atoms with Crippen LogP contribution in [0.15, 0.2) is 61.1 Å². The first-order valence-corrected chi connectivity index (χ1v) is 8.98. The van der Waals surface area contributed by atoms with Gasteiger partial charge in [0.2, 0.25) is 0 Å². The summed E-state index contributed by atoms with van der Waals surface area (Å²) >= 11 is 0. The van der Waals surface area contributed by atoms with E-state index < -0.39 is 0 Å². The van der Waals surface area contributed by atoms with Crippen LogP contribution in [0, 0.1) is 0 Å². The van der Waals surface area contributed by atoms with Crippen molar-refractivity contribution in [1.29, 1.82) is 0 Å². The van der Waals surface area contributed by atoms with Crippen molar-refractivity contribution in [2.75, 3.05) is 23.4 Å². The molecule has 0 saturated carbocycles. The Morgan fingerprint density at radius 1 is 1.04 bits per heavy atom. The molecule has 138 valence electrons. The Morgan fingerprint density at radius 3 is 2.67 bits per heavy atom. The molecule has 7 heteroatoms. The molecule has 1 aliphatic heterocycles. The maximum atomic E-state index is 9.59. The Morgan fingerprint density at radius 2 is 1.89 bits per heavy atom. The molecular formula is C20H21N5O2. The predicted molar refractivity (Wildman–Crippen MR) is 104 cm³/mol. The van der Waals surface area contributed by atoms with Gasteiger partial charge in [0.1, 0.15) is 11.6 Å². The van der Waals surface area contributed by atoms with Crippen molar-refractivity contribution >= 4 is 17.3 Å². The summed E-state index contributed by atoms with van der Waals surface area (Å²) in [5.41, 5.74) is 0.917. The van der Waals surface area contributed by atoms with Gasteiger partial charge in [-0.2, -0.15) is 0 Å². The van der Waals surface area contributed by atoms with E-state index in [0.717, 1.165) is 30.9 Å². The van der Waals surface area contributed by atoms with Gasteiger partial charge in [-0.3, -0.25) is 0 Å². The van der Waals surface area contributed by atoms with Gasteiger partial charge in [0.05, 0.1) is 12.6 Å². The number of hydrogen-bond acceptors (Lipinski definition) is 7. The Bertz CT molecular complexity index is 873. The molecule has 3 heterocycles. The summed E-state index contributed by atoms with van der Waals surface area (Å²) < 4.78 is 5.98. The van der Waals surface area contributed by atoms with E-state index in [9.17, 15) is 5.11 Å². The molecule has 0 bridgehead atoms. The van der Waals surface area contributed by atoms with Crippen LogP contribution in [0.4, 0.5) is 17.3 Å². The van der Waals surface area contributed by atoms with Gasteiger partial charge in [-0.05, 0) is 49.2 Å². The van der Waals surface area contributed by atoms with Gasteiger partial charge in [-0.1, -0.05) is 6.07 Å². The lowest BCUT2D eigenvalue weighted by Gasteiger charge is -2.25. The van der Waals surface area contributed by atoms with E-state index in [1.807, 2.05) is 42.5 Å². The zero-order valence-electron chi connectivity index (χ0n) is 14.8. The molecule has 27 heavy (non-hydrogen) atoms. The second-order valence-electron chi connectivity index (χ2n) is 6.32. The van der Waals surface area contributed by atoms with E-state index >= 15 is 0 Å². The van der Waals surface area contributed by atoms with E-state index in [4.69, 9.17) is 4.74 Å². The number of aliphatic hydroxyl groups is 1. The summed E-state index contributed by atoms with van der Waals surface area (Å²) in [6, 6.07) is 13.4. The number of benzene rings is 1. The van der Waals surface area contributed by atoms with E-state index in [-0.39, 0.29) is 12.6 Å². The molecule has 0 amide bonds. The highest BCUT2D eigenvalue weighted by atomic mass is 16.5. The molecule has 1 saturated heterocycles. The van der Waals surface area contributed by atoms with Crippen molar-refractivity contribution in [3.63, 3.8) is 0 Å². The highest BCUT2D eigenvalue weighted by Gasteiger charge is 2.28. The fourth-order valence-corrected chi connectivity index (χ4v) is 3.19. The van der Waals surface area contributed by atoms with E-state index in [1.165, 1.54) is 0 Å². The van der Waals surface area contributed by atoms with Crippen molar-refractivity contribution < 1.29 is 9.84 Å². The van der Waals surface area contributed by atoms with Gasteiger partial charge in [-0.15, -0.1) is 0 Å².